The number of ether oxygens (including phenoxy) is 1. The number of rotatable bonds is 1. The Labute approximate surface area is 72.7 Å². The van der Waals surface area contributed by atoms with Gasteiger partial charge in [-0.25, -0.2) is 0 Å². The second-order valence-corrected chi connectivity index (χ2v) is 3.03. The second kappa shape index (κ2) is 3.02. The fraction of sp³-hybridized carbons (Fsp3) is 0.273. The first-order valence-corrected chi connectivity index (χ1v) is 4.19. The van der Waals surface area contributed by atoms with E-state index in [1.54, 1.807) is 7.11 Å². The third-order valence-corrected chi connectivity index (χ3v) is 2.22. The summed E-state index contributed by atoms with van der Waals surface area (Å²) in [4.78, 5) is 0. The molecule has 0 radical (unpaired) electrons. The van der Waals surface area contributed by atoms with Crippen molar-refractivity contribution in [1.82, 2.24) is 0 Å². The molecule has 0 aromatic rings. The van der Waals surface area contributed by atoms with Gasteiger partial charge in [-0.2, -0.15) is 0 Å². The van der Waals surface area contributed by atoms with E-state index < -0.39 is 0 Å². The van der Waals surface area contributed by atoms with Crippen LogP contribution in [0.1, 0.15) is 0 Å². The maximum Gasteiger partial charge on any atom is 0.103 e. The summed E-state index contributed by atoms with van der Waals surface area (Å²) in [6, 6.07) is 0. The summed E-state index contributed by atoms with van der Waals surface area (Å²) in [6.07, 6.45) is 15.0. The first-order valence-electron chi connectivity index (χ1n) is 4.19. The first-order chi connectivity index (χ1) is 5.90. The Kier molecular flexibility index (Phi) is 1.86. The fourth-order valence-electron chi connectivity index (χ4n) is 1.56. The number of allylic oxidation sites excluding steroid dienone is 6. The van der Waals surface area contributed by atoms with Gasteiger partial charge in [0.1, 0.15) is 5.76 Å². The molecule has 62 valence electrons. The van der Waals surface area contributed by atoms with Crippen molar-refractivity contribution in [2.45, 2.75) is 0 Å². The van der Waals surface area contributed by atoms with Gasteiger partial charge in [0.25, 0.3) is 0 Å². The molecule has 3 aliphatic rings. The first kappa shape index (κ1) is 7.41. The standard InChI is InChI=1S/C11H12O/c1-12-11-8-9-4-2-3-5-10(11)7-6-9/h2-10H,1H3/t9-,10-/m0/s1. The van der Waals surface area contributed by atoms with Gasteiger partial charge in [0, 0.05) is 5.92 Å². The van der Waals surface area contributed by atoms with E-state index >= 15 is 0 Å². The molecule has 0 fully saturated rings. The van der Waals surface area contributed by atoms with Crippen LogP contribution >= 0.6 is 0 Å². The summed E-state index contributed by atoms with van der Waals surface area (Å²) in [5, 5.41) is 0. The molecule has 2 atom stereocenters. The van der Waals surface area contributed by atoms with Crippen molar-refractivity contribution < 1.29 is 4.74 Å². The molecule has 3 rings (SSSR count). The minimum atomic E-state index is 0.344. The second-order valence-electron chi connectivity index (χ2n) is 3.03. The maximum atomic E-state index is 5.29. The van der Waals surface area contributed by atoms with E-state index in [0.29, 0.717) is 11.8 Å². The third kappa shape index (κ3) is 1.22. The van der Waals surface area contributed by atoms with Crippen molar-refractivity contribution in [1.29, 1.82) is 0 Å². The molecular weight excluding hydrogens is 148 g/mol. The molecule has 0 spiro atoms. The average Bonchev–Trinajstić information content (AvgIpc) is 2.05. The third-order valence-electron chi connectivity index (χ3n) is 2.22. The molecule has 2 bridgehead atoms. The summed E-state index contributed by atoms with van der Waals surface area (Å²) < 4.78 is 5.29. The molecule has 12 heavy (non-hydrogen) atoms. The molecule has 0 saturated carbocycles. The minimum Gasteiger partial charge on any atom is -0.500 e. The largest absolute Gasteiger partial charge is 0.500 e. The van der Waals surface area contributed by atoms with Gasteiger partial charge in [-0.1, -0.05) is 36.5 Å². The topological polar surface area (TPSA) is 9.23 Å². The van der Waals surface area contributed by atoms with Crippen LogP contribution in [0.25, 0.3) is 0 Å². The van der Waals surface area contributed by atoms with E-state index in [1.807, 2.05) is 0 Å². The minimum absolute atomic E-state index is 0.344. The van der Waals surface area contributed by atoms with Gasteiger partial charge in [0.15, 0.2) is 0 Å². The van der Waals surface area contributed by atoms with Crippen molar-refractivity contribution in [3.63, 3.8) is 0 Å². The Morgan fingerprint density at radius 2 is 1.92 bits per heavy atom. The van der Waals surface area contributed by atoms with Gasteiger partial charge in [-0.15, -0.1) is 0 Å². The van der Waals surface area contributed by atoms with Crippen LogP contribution < -0.4 is 0 Å². The Bertz CT molecular complexity index is 281. The van der Waals surface area contributed by atoms with E-state index in [1.165, 1.54) is 0 Å². The molecule has 0 aromatic carbocycles. The Morgan fingerprint density at radius 1 is 1.08 bits per heavy atom. The molecule has 0 aromatic heterocycles. The summed E-state index contributed by atoms with van der Waals surface area (Å²) in [5.74, 6) is 1.82. The van der Waals surface area contributed by atoms with E-state index in [2.05, 4.69) is 42.5 Å². The summed E-state index contributed by atoms with van der Waals surface area (Å²) in [6.45, 7) is 0. The van der Waals surface area contributed by atoms with Crippen LogP contribution in [-0.2, 0) is 4.74 Å². The fourth-order valence-corrected chi connectivity index (χ4v) is 1.56. The normalized spacial score (nSPS) is 31.2. The van der Waals surface area contributed by atoms with Crippen LogP contribution in [0.2, 0.25) is 0 Å². The summed E-state index contributed by atoms with van der Waals surface area (Å²) in [5.41, 5.74) is 0. The van der Waals surface area contributed by atoms with E-state index in [4.69, 9.17) is 4.74 Å². The van der Waals surface area contributed by atoms with Gasteiger partial charge >= 0.3 is 0 Å². The molecule has 0 amide bonds. The Balaban J connectivity index is 2.37. The lowest BCUT2D eigenvalue weighted by Gasteiger charge is -2.20. The highest BCUT2D eigenvalue weighted by molar-refractivity contribution is 5.31. The Morgan fingerprint density at radius 3 is 2.75 bits per heavy atom. The van der Waals surface area contributed by atoms with Gasteiger partial charge in [0.2, 0.25) is 0 Å². The van der Waals surface area contributed by atoms with Crippen molar-refractivity contribution in [2.75, 3.05) is 7.11 Å². The highest BCUT2D eigenvalue weighted by Crippen LogP contribution is 2.26. The van der Waals surface area contributed by atoms with Crippen molar-refractivity contribution in [2.24, 2.45) is 11.8 Å². The summed E-state index contributed by atoms with van der Waals surface area (Å²) in [7, 11) is 1.73. The molecule has 1 heteroatoms. The number of fused-ring (bicyclic) bond motifs is 1. The van der Waals surface area contributed by atoms with Crippen LogP contribution in [-0.4, -0.2) is 7.11 Å². The monoisotopic (exact) mass is 160 g/mol. The molecule has 0 heterocycles. The van der Waals surface area contributed by atoms with Crippen LogP contribution in [0.5, 0.6) is 0 Å². The molecule has 0 aliphatic heterocycles. The number of methoxy groups -OCH3 is 1. The van der Waals surface area contributed by atoms with Crippen LogP contribution in [0, 0.1) is 11.8 Å². The quantitative estimate of drug-likeness (QED) is 0.535. The van der Waals surface area contributed by atoms with Crippen LogP contribution in [0.4, 0.5) is 0 Å². The lowest BCUT2D eigenvalue weighted by molar-refractivity contribution is 0.264. The lowest BCUT2D eigenvalue weighted by atomic mass is 9.91. The van der Waals surface area contributed by atoms with Gasteiger partial charge in [-0.05, 0) is 6.08 Å². The van der Waals surface area contributed by atoms with E-state index in [-0.39, 0.29) is 0 Å². The molecule has 0 N–H and O–H groups in total. The zero-order valence-corrected chi connectivity index (χ0v) is 7.10. The van der Waals surface area contributed by atoms with Crippen molar-refractivity contribution >= 4 is 0 Å². The number of hydrogen-bond donors (Lipinski definition) is 0. The highest BCUT2D eigenvalue weighted by atomic mass is 16.5. The maximum absolute atomic E-state index is 5.29. The van der Waals surface area contributed by atoms with Gasteiger partial charge in [-0.3, -0.25) is 0 Å². The zero-order valence-electron chi connectivity index (χ0n) is 7.10. The van der Waals surface area contributed by atoms with Crippen molar-refractivity contribution in [3.8, 4) is 0 Å². The van der Waals surface area contributed by atoms with Crippen LogP contribution in [0.3, 0.4) is 0 Å². The number of hydrogen-bond acceptors (Lipinski definition) is 1. The average molecular weight is 160 g/mol. The summed E-state index contributed by atoms with van der Waals surface area (Å²) >= 11 is 0. The molecule has 0 saturated heterocycles. The van der Waals surface area contributed by atoms with E-state index in [9.17, 15) is 0 Å². The van der Waals surface area contributed by atoms with Gasteiger partial charge in [0.05, 0.1) is 13.0 Å². The van der Waals surface area contributed by atoms with Gasteiger partial charge < -0.3 is 4.74 Å². The predicted octanol–water partition coefficient (Wildman–Crippen LogP) is 2.44. The lowest BCUT2D eigenvalue weighted by Crippen LogP contribution is -2.08. The smallest absolute Gasteiger partial charge is 0.103 e. The van der Waals surface area contributed by atoms with Crippen molar-refractivity contribution in [3.05, 3.63) is 48.3 Å². The SMILES string of the molecule is COC1=C[C@H]2C=CC=C[C@H]1C=C2. The van der Waals surface area contributed by atoms with Crippen LogP contribution in [0.15, 0.2) is 48.3 Å². The molecule has 1 nitrogen and oxygen atoms in total. The highest BCUT2D eigenvalue weighted by Gasteiger charge is 2.15. The molecule has 0 unspecified atom stereocenters. The molecule has 3 aliphatic carbocycles. The Hall–Kier alpha value is -1.24. The molecular formula is C11H12O. The van der Waals surface area contributed by atoms with E-state index in [0.717, 1.165) is 5.76 Å². The zero-order chi connectivity index (χ0) is 8.39. The predicted molar refractivity (Wildman–Crippen MR) is 49.5 cm³/mol.